The lowest BCUT2D eigenvalue weighted by Crippen LogP contribution is -2.05. The van der Waals surface area contributed by atoms with Crippen LogP contribution in [-0.4, -0.2) is 16.1 Å². The van der Waals surface area contributed by atoms with Crippen LogP contribution in [0.3, 0.4) is 0 Å². The second-order valence-electron chi connectivity index (χ2n) is 3.94. The molecule has 1 aromatic heterocycles. The number of benzene rings is 1. The number of pyridine rings is 1. The van der Waals surface area contributed by atoms with Crippen molar-refractivity contribution in [1.82, 2.24) is 4.98 Å². The predicted octanol–water partition coefficient (Wildman–Crippen LogP) is 4.20. The second-order valence-corrected chi connectivity index (χ2v) is 6.02. The molecular formula is C13H10BrIN2O2. The normalized spacial score (nSPS) is 10.3. The summed E-state index contributed by atoms with van der Waals surface area (Å²) in [6.07, 6.45) is 1.56. The first-order valence-corrected chi connectivity index (χ1v) is 7.26. The van der Waals surface area contributed by atoms with Crippen molar-refractivity contribution in [3.63, 3.8) is 0 Å². The van der Waals surface area contributed by atoms with Crippen molar-refractivity contribution < 1.29 is 9.90 Å². The van der Waals surface area contributed by atoms with Crippen LogP contribution in [0.5, 0.6) is 0 Å². The average Bonchev–Trinajstić information content (AvgIpc) is 2.36. The van der Waals surface area contributed by atoms with E-state index in [2.05, 4.69) is 48.8 Å². The molecule has 1 heterocycles. The fourth-order valence-electron chi connectivity index (χ4n) is 1.51. The van der Waals surface area contributed by atoms with Gasteiger partial charge in [0.1, 0.15) is 11.4 Å². The van der Waals surface area contributed by atoms with Gasteiger partial charge in [-0.1, -0.05) is 6.07 Å². The maximum atomic E-state index is 11.2. The highest BCUT2D eigenvalue weighted by Crippen LogP contribution is 2.24. The number of nitrogens with one attached hydrogen (secondary N) is 1. The minimum Gasteiger partial charge on any atom is -0.478 e. The monoisotopic (exact) mass is 432 g/mol. The first kappa shape index (κ1) is 14.3. The summed E-state index contributed by atoms with van der Waals surface area (Å²) in [7, 11) is 0. The molecule has 0 bridgehead atoms. The Bertz CT molecular complexity index is 647. The van der Waals surface area contributed by atoms with Crippen molar-refractivity contribution in [2.24, 2.45) is 0 Å². The minimum absolute atomic E-state index is 0.130. The van der Waals surface area contributed by atoms with E-state index in [0.29, 0.717) is 10.3 Å². The van der Waals surface area contributed by atoms with Gasteiger partial charge in [-0.3, -0.25) is 0 Å². The number of rotatable bonds is 3. The van der Waals surface area contributed by atoms with Crippen molar-refractivity contribution in [1.29, 1.82) is 0 Å². The van der Waals surface area contributed by atoms with E-state index in [4.69, 9.17) is 5.11 Å². The number of aromatic carboxylic acids is 1. The molecule has 2 rings (SSSR count). The molecule has 1 aromatic carbocycles. The van der Waals surface area contributed by atoms with Gasteiger partial charge in [0.2, 0.25) is 0 Å². The van der Waals surface area contributed by atoms with Crippen molar-refractivity contribution in [3.05, 3.63) is 49.6 Å². The van der Waals surface area contributed by atoms with Gasteiger partial charge < -0.3 is 10.4 Å². The van der Waals surface area contributed by atoms with E-state index < -0.39 is 5.97 Å². The summed E-state index contributed by atoms with van der Waals surface area (Å²) >= 11 is 5.45. The van der Waals surface area contributed by atoms with Crippen LogP contribution in [0, 0.1) is 10.5 Å². The molecule has 0 saturated heterocycles. The van der Waals surface area contributed by atoms with Crippen LogP contribution < -0.4 is 5.32 Å². The number of aromatic nitrogens is 1. The number of nitrogens with zero attached hydrogens (tertiary/aromatic N) is 1. The zero-order valence-corrected chi connectivity index (χ0v) is 13.7. The number of carboxylic acid groups (broad SMARTS) is 1. The first-order chi connectivity index (χ1) is 8.97. The zero-order valence-electron chi connectivity index (χ0n) is 9.95. The molecule has 0 radical (unpaired) electrons. The smallest absolute Gasteiger partial charge is 0.339 e. The summed E-state index contributed by atoms with van der Waals surface area (Å²) < 4.78 is 1.74. The van der Waals surface area contributed by atoms with Crippen LogP contribution in [0.4, 0.5) is 11.5 Å². The lowest BCUT2D eigenvalue weighted by Gasteiger charge is -2.10. The molecule has 6 heteroatoms. The summed E-state index contributed by atoms with van der Waals surface area (Å²) in [6, 6.07) is 7.35. The van der Waals surface area contributed by atoms with Crippen molar-refractivity contribution in [3.8, 4) is 0 Å². The number of aryl methyl sites for hydroxylation is 1. The lowest BCUT2D eigenvalue weighted by molar-refractivity contribution is 0.0697. The van der Waals surface area contributed by atoms with Gasteiger partial charge in [-0.15, -0.1) is 0 Å². The first-order valence-electron chi connectivity index (χ1n) is 5.39. The van der Waals surface area contributed by atoms with Gasteiger partial charge in [0.05, 0.1) is 0 Å². The molecular weight excluding hydrogens is 423 g/mol. The predicted molar refractivity (Wildman–Crippen MR) is 86.1 cm³/mol. The highest BCUT2D eigenvalue weighted by Gasteiger charge is 2.12. The zero-order chi connectivity index (χ0) is 14.0. The SMILES string of the molecule is Cc1ccc(Nc2ncc(Br)cc2C(=O)O)cc1I. The van der Waals surface area contributed by atoms with Crippen LogP contribution in [0.25, 0.3) is 0 Å². The molecule has 19 heavy (non-hydrogen) atoms. The number of hydrogen-bond donors (Lipinski definition) is 2. The summed E-state index contributed by atoms with van der Waals surface area (Å²) in [5.74, 6) is -0.687. The van der Waals surface area contributed by atoms with E-state index >= 15 is 0 Å². The molecule has 0 aliphatic heterocycles. The highest BCUT2D eigenvalue weighted by molar-refractivity contribution is 14.1. The molecule has 2 N–H and O–H groups in total. The van der Waals surface area contributed by atoms with Crippen LogP contribution in [0.2, 0.25) is 0 Å². The van der Waals surface area contributed by atoms with E-state index in [1.165, 1.54) is 11.6 Å². The van der Waals surface area contributed by atoms with E-state index in [0.717, 1.165) is 9.26 Å². The third-order valence-electron chi connectivity index (χ3n) is 2.52. The summed E-state index contributed by atoms with van der Waals surface area (Å²) in [5.41, 5.74) is 2.12. The van der Waals surface area contributed by atoms with Crippen LogP contribution in [0.15, 0.2) is 34.9 Å². The standard InChI is InChI=1S/C13H10BrIN2O2/c1-7-2-3-9(5-11(7)15)17-12-10(13(18)19)4-8(14)6-16-12/h2-6H,1H3,(H,16,17)(H,18,19). The van der Waals surface area contributed by atoms with Crippen LogP contribution in [-0.2, 0) is 0 Å². The van der Waals surface area contributed by atoms with Crippen molar-refractivity contribution in [2.45, 2.75) is 6.92 Å². The fraction of sp³-hybridized carbons (Fsp3) is 0.0769. The summed E-state index contributed by atoms with van der Waals surface area (Å²) in [4.78, 5) is 15.3. The number of halogens is 2. The number of carboxylic acids is 1. The Morgan fingerprint density at radius 3 is 2.79 bits per heavy atom. The number of hydrogen-bond acceptors (Lipinski definition) is 3. The molecule has 0 aliphatic carbocycles. The largest absolute Gasteiger partial charge is 0.478 e. The third kappa shape index (κ3) is 3.44. The van der Waals surface area contributed by atoms with Gasteiger partial charge in [-0.2, -0.15) is 0 Å². The van der Waals surface area contributed by atoms with E-state index in [1.807, 2.05) is 25.1 Å². The summed E-state index contributed by atoms with van der Waals surface area (Å²) in [5, 5.41) is 12.2. The van der Waals surface area contributed by atoms with Crippen LogP contribution in [0.1, 0.15) is 15.9 Å². The maximum Gasteiger partial charge on any atom is 0.339 e. The lowest BCUT2D eigenvalue weighted by atomic mass is 10.2. The van der Waals surface area contributed by atoms with Crippen LogP contribution >= 0.6 is 38.5 Å². The van der Waals surface area contributed by atoms with E-state index in [1.54, 1.807) is 6.20 Å². The molecule has 98 valence electrons. The highest BCUT2D eigenvalue weighted by atomic mass is 127. The molecule has 0 unspecified atom stereocenters. The van der Waals surface area contributed by atoms with Gasteiger partial charge in [0.15, 0.2) is 0 Å². The second kappa shape index (κ2) is 5.87. The fourth-order valence-corrected chi connectivity index (χ4v) is 2.36. The average molecular weight is 433 g/mol. The molecule has 0 spiro atoms. The Morgan fingerprint density at radius 2 is 2.16 bits per heavy atom. The minimum atomic E-state index is -1.02. The Kier molecular flexibility index (Phi) is 4.41. The Balaban J connectivity index is 2.37. The number of anilines is 2. The molecule has 0 aliphatic rings. The van der Waals surface area contributed by atoms with Gasteiger partial charge in [-0.05, 0) is 69.2 Å². The third-order valence-corrected chi connectivity index (χ3v) is 4.12. The van der Waals surface area contributed by atoms with Crippen molar-refractivity contribution in [2.75, 3.05) is 5.32 Å². The van der Waals surface area contributed by atoms with Gasteiger partial charge in [0, 0.05) is 19.9 Å². The maximum absolute atomic E-state index is 11.2. The van der Waals surface area contributed by atoms with Gasteiger partial charge >= 0.3 is 5.97 Å². The van der Waals surface area contributed by atoms with E-state index in [-0.39, 0.29) is 5.56 Å². The van der Waals surface area contributed by atoms with Gasteiger partial charge in [-0.25, -0.2) is 9.78 Å². The van der Waals surface area contributed by atoms with Crippen molar-refractivity contribution >= 4 is 56.0 Å². The molecule has 0 amide bonds. The molecule has 2 aromatic rings. The Hall–Kier alpha value is -1.15. The summed E-state index contributed by atoms with van der Waals surface area (Å²) in [6.45, 7) is 2.02. The Morgan fingerprint density at radius 1 is 1.42 bits per heavy atom. The molecule has 4 nitrogen and oxygen atoms in total. The van der Waals surface area contributed by atoms with E-state index in [9.17, 15) is 4.79 Å². The molecule has 0 atom stereocenters. The molecule has 0 saturated carbocycles. The topological polar surface area (TPSA) is 62.2 Å². The number of carbonyl (C=O) groups is 1. The molecule has 0 fully saturated rings. The Labute approximate surface area is 132 Å². The quantitative estimate of drug-likeness (QED) is 0.713. The van der Waals surface area contributed by atoms with Gasteiger partial charge in [0.25, 0.3) is 0 Å².